The minimum atomic E-state index is -0.960. The van der Waals surface area contributed by atoms with Gasteiger partial charge in [0.1, 0.15) is 12.6 Å². The number of rotatable bonds is 9. The Bertz CT molecular complexity index is 1400. The van der Waals surface area contributed by atoms with Crippen LogP contribution in [-0.2, 0) is 20.9 Å². The molecule has 2 heterocycles. The molecule has 1 saturated heterocycles. The summed E-state index contributed by atoms with van der Waals surface area (Å²) in [6, 6.07) is 22.8. The molecule has 3 aromatic carbocycles. The standard InChI is InChI=1S/C29H29ClN6O3/c1-20-9-11-22(12-10-20)28-32-34-35(33-28)19-26(37)36(24-6-3-2-4-7-24)27(21-13-15-23(30)16-14-21)29(38)31-18-25-8-5-17-39-25/h2-4,6-7,9-16,25,27H,5,8,17-19H2,1H3,(H,31,38)/t25-,27+/m0/s1. The SMILES string of the molecule is Cc1ccc(-c2nnn(CC(=O)N(c3ccccc3)[C@@H](C(=O)NC[C@@H]3CCCO3)c3ccc(Cl)cc3)n2)cc1. The number of tetrazole rings is 1. The number of carbonyl (C=O) groups excluding carboxylic acids is 2. The molecule has 0 radical (unpaired) electrons. The van der Waals surface area contributed by atoms with Gasteiger partial charge in [-0.25, -0.2) is 0 Å². The molecule has 4 aromatic rings. The third kappa shape index (κ3) is 6.50. The Morgan fingerprint density at radius 1 is 1.08 bits per heavy atom. The molecule has 0 aliphatic carbocycles. The maximum absolute atomic E-state index is 13.9. The molecule has 1 N–H and O–H groups in total. The molecule has 2 amide bonds. The van der Waals surface area contributed by atoms with Gasteiger partial charge in [0.25, 0.3) is 5.91 Å². The van der Waals surface area contributed by atoms with Gasteiger partial charge >= 0.3 is 0 Å². The number of hydrogen-bond donors (Lipinski definition) is 1. The van der Waals surface area contributed by atoms with Crippen LogP contribution in [0, 0.1) is 6.92 Å². The van der Waals surface area contributed by atoms with E-state index in [9.17, 15) is 9.59 Å². The van der Waals surface area contributed by atoms with Gasteiger partial charge in [0, 0.05) is 29.4 Å². The van der Waals surface area contributed by atoms with E-state index < -0.39 is 6.04 Å². The van der Waals surface area contributed by atoms with Gasteiger partial charge in [-0.2, -0.15) is 4.80 Å². The van der Waals surface area contributed by atoms with Crippen LogP contribution in [-0.4, -0.2) is 51.3 Å². The summed E-state index contributed by atoms with van der Waals surface area (Å²) in [4.78, 5) is 30.4. The Labute approximate surface area is 231 Å². The van der Waals surface area contributed by atoms with Crippen LogP contribution in [0.1, 0.15) is 30.0 Å². The predicted molar refractivity (Wildman–Crippen MR) is 148 cm³/mol. The fourth-order valence-electron chi connectivity index (χ4n) is 4.53. The van der Waals surface area contributed by atoms with Crippen molar-refractivity contribution in [1.29, 1.82) is 0 Å². The molecule has 1 aliphatic rings. The number of amides is 2. The first-order valence-electron chi connectivity index (χ1n) is 12.8. The fraction of sp³-hybridized carbons (Fsp3) is 0.276. The molecule has 1 fully saturated rings. The first-order chi connectivity index (χ1) is 19.0. The molecular weight excluding hydrogens is 516 g/mol. The number of para-hydroxylation sites is 1. The second kappa shape index (κ2) is 12.2. The molecule has 1 aliphatic heterocycles. The van der Waals surface area contributed by atoms with E-state index in [1.165, 1.54) is 9.70 Å². The summed E-state index contributed by atoms with van der Waals surface area (Å²) < 4.78 is 5.68. The van der Waals surface area contributed by atoms with Crippen molar-refractivity contribution in [2.45, 2.75) is 38.5 Å². The second-order valence-electron chi connectivity index (χ2n) is 9.44. The van der Waals surface area contributed by atoms with Crippen molar-refractivity contribution < 1.29 is 14.3 Å². The monoisotopic (exact) mass is 544 g/mol. The van der Waals surface area contributed by atoms with E-state index in [1.807, 2.05) is 49.4 Å². The summed E-state index contributed by atoms with van der Waals surface area (Å²) in [5, 5.41) is 16.2. The van der Waals surface area contributed by atoms with Gasteiger partial charge in [-0.05, 0) is 54.8 Å². The van der Waals surface area contributed by atoms with Gasteiger partial charge in [0.15, 0.2) is 0 Å². The van der Waals surface area contributed by atoms with Gasteiger partial charge < -0.3 is 10.1 Å². The highest BCUT2D eigenvalue weighted by Gasteiger charge is 2.34. The van der Waals surface area contributed by atoms with Crippen LogP contribution < -0.4 is 10.2 Å². The number of hydrogen-bond acceptors (Lipinski definition) is 6. The molecule has 0 saturated carbocycles. The summed E-state index contributed by atoms with van der Waals surface area (Å²) in [5.74, 6) is -0.282. The zero-order chi connectivity index (χ0) is 27.2. The largest absolute Gasteiger partial charge is 0.376 e. The highest BCUT2D eigenvalue weighted by Crippen LogP contribution is 2.29. The lowest BCUT2D eigenvalue weighted by Crippen LogP contribution is -2.46. The maximum Gasteiger partial charge on any atom is 0.251 e. The first-order valence-corrected chi connectivity index (χ1v) is 13.2. The zero-order valence-electron chi connectivity index (χ0n) is 21.5. The molecule has 200 valence electrons. The molecular formula is C29H29ClN6O3. The van der Waals surface area contributed by atoms with E-state index in [4.69, 9.17) is 16.3 Å². The molecule has 0 bridgehead atoms. The van der Waals surface area contributed by atoms with E-state index in [2.05, 4.69) is 20.7 Å². The van der Waals surface area contributed by atoms with Crippen molar-refractivity contribution >= 4 is 29.1 Å². The van der Waals surface area contributed by atoms with Gasteiger partial charge in [-0.1, -0.05) is 71.8 Å². The van der Waals surface area contributed by atoms with E-state index in [0.29, 0.717) is 35.2 Å². The Morgan fingerprint density at radius 3 is 2.51 bits per heavy atom. The van der Waals surface area contributed by atoms with Crippen molar-refractivity contribution in [1.82, 2.24) is 25.5 Å². The number of aryl methyl sites for hydroxylation is 1. The van der Waals surface area contributed by atoms with Crippen LogP contribution in [0.15, 0.2) is 78.9 Å². The number of nitrogens with one attached hydrogen (secondary N) is 1. The number of benzene rings is 3. The quantitative estimate of drug-likeness (QED) is 0.336. The minimum absolute atomic E-state index is 0.0414. The number of aromatic nitrogens is 4. The highest BCUT2D eigenvalue weighted by atomic mass is 35.5. The summed E-state index contributed by atoms with van der Waals surface area (Å²) in [7, 11) is 0. The molecule has 0 spiro atoms. The molecule has 1 aromatic heterocycles. The van der Waals surface area contributed by atoms with E-state index >= 15 is 0 Å². The van der Waals surface area contributed by atoms with E-state index in [1.54, 1.807) is 36.4 Å². The number of carbonyl (C=O) groups is 2. The minimum Gasteiger partial charge on any atom is -0.376 e. The third-order valence-electron chi connectivity index (χ3n) is 6.56. The summed E-state index contributed by atoms with van der Waals surface area (Å²) in [5.41, 5.74) is 3.10. The smallest absolute Gasteiger partial charge is 0.251 e. The predicted octanol–water partition coefficient (Wildman–Crippen LogP) is 4.37. The van der Waals surface area contributed by atoms with Crippen LogP contribution in [0.4, 0.5) is 5.69 Å². The van der Waals surface area contributed by atoms with Gasteiger partial charge in [0.2, 0.25) is 11.7 Å². The lowest BCUT2D eigenvalue weighted by atomic mass is 10.0. The molecule has 39 heavy (non-hydrogen) atoms. The summed E-state index contributed by atoms with van der Waals surface area (Å²) >= 11 is 6.15. The Morgan fingerprint density at radius 2 is 1.82 bits per heavy atom. The molecule has 2 atom stereocenters. The van der Waals surface area contributed by atoms with E-state index in [0.717, 1.165) is 24.0 Å². The van der Waals surface area contributed by atoms with Crippen molar-refractivity contribution in [2.24, 2.45) is 0 Å². The average molecular weight is 545 g/mol. The Kier molecular flexibility index (Phi) is 8.29. The number of anilines is 1. The lowest BCUT2D eigenvalue weighted by molar-refractivity contribution is -0.127. The summed E-state index contributed by atoms with van der Waals surface area (Å²) in [6.45, 7) is 2.84. The maximum atomic E-state index is 13.9. The number of nitrogens with zero attached hydrogens (tertiary/aromatic N) is 5. The van der Waals surface area contributed by atoms with Gasteiger partial charge in [-0.3, -0.25) is 14.5 Å². The Balaban J connectivity index is 1.45. The highest BCUT2D eigenvalue weighted by molar-refractivity contribution is 6.30. The molecule has 0 unspecified atom stereocenters. The molecule has 9 nitrogen and oxygen atoms in total. The molecule has 10 heteroatoms. The number of ether oxygens (including phenoxy) is 1. The Hall–Kier alpha value is -4.08. The van der Waals surface area contributed by atoms with Crippen LogP contribution >= 0.6 is 11.6 Å². The van der Waals surface area contributed by atoms with Gasteiger partial charge in [-0.15, -0.1) is 10.2 Å². The molecule has 5 rings (SSSR count). The lowest BCUT2D eigenvalue weighted by Gasteiger charge is -2.31. The summed E-state index contributed by atoms with van der Waals surface area (Å²) in [6.07, 6.45) is 1.81. The van der Waals surface area contributed by atoms with Crippen LogP contribution in [0.2, 0.25) is 5.02 Å². The van der Waals surface area contributed by atoms with Crippen molar-refractivity contribution in [3.05, 3.63) is 95.0 Å². The third-order valence-corrected chi connectivity index (χ3v) is 6.81. The van der Waals surface area contributed by atoms with Crippen molar-refractivity contribution in [3.8, 4) is 11.4 Å². The van der Waals surface area contributed by atoms with E-state index in [-0.39, 0.29) is 24.5 Å². The van der Waals surface area contributed by atoms with Crippen molar-refractivity contribution in [3.63, 3.8) is 0 Å². The first kappa shape index (κ1) is 26.5. The number of halogens is 1. The van der Waals surface area contributed by atoms with Crippen LogP contribution in [0.3, 0.4) is 0 Å². The average Bonchev–Trinajstić information content (AvgIpc) is 3.64. The normalized spacial score (nSPS) is 15.6. The van der Waals surface area contributed by atoms with Crippen LogP contribution in [0.25, 0.3) is 11.4 Å². The zero-order valence-corrected chi connectivity index (χ0v) is 22.3. The van der Waals surface area contributed by atoms with Gasteiger partial charge in [0.05, 0.1) is 6.10 Å². The topological polar surface area (TPSA) is 102 Å². The van der Waals surface area contributed by atoms with Crippen LogP contribution in [0.5, 0.6) is 0 Å². The van der Waals surface area contributed by atoms with Crippen molar-refractivity contribution in [2.75, 3.05) is 18.1 Å². The fourth-order valence-corrected chi connectivity index (χ4v) is 4.66. The second-order valence-corrected chi connectivity index (χ2v) is 9.88.